The van der Waals surface area contributed by atoms with Crippen LogP contribution in [0.15, 0.2) is 5.38 Å². The van der Waals surface area contributed by atoms with Crippen LogP contribution in [-0.2, 0) is 6.54 Å². The number of rotatable bonds is 4. The first-order valence-corrected chi connectivity index (χ1v) is 6.60. The second-order valence-corrected chi connectivity index (χ2v) is 5.17. The quantitative estimate of drug-likeness (QED) is 0.841. The Kier molecular flexibility index (Phi) is 3.51. The van der Waals surface area contributed by atoms with E-state index in [1.807, 2.05) is 0 Å². The highest BCUT2D eigenvalue weighted by molar-refractivity contribution is 7.15. The van der Waals surface area contributed by atoms with Crippen molar-refractivity contribution in [2.45, 2.75) is 39.8 Å². The van der Waals surface area contributed by atoms with E-state index in [4.69, 9.17) is 6.42 Å². The molecule has 0 fully saturated rings. The van der Waals surface area contributed by atoms with Crippen molar-refractivity contribution in [1.82, 2.24) is 14.7 Å². The van der Waals surface area contributed by atoms with Crippen molar-refractivity contribution in [3.63, 3.8) is 0 Å². The number of fused-ring (bicyclic) bond motifs is 1. The van der Waals surface area contributed by atoms with Gasteiger partial charge in [-0.3, -0.25) is 4.40 Å². The molecule has 0 aliphatic carbocycles. The highest BCUT2D eigenvalue weighted by Gasteiger charge is 2.12. The van der Waals surface area contributed by atoms with Crippen molar-refractivity contribution in [2.24, 2.45) is 0 Å². The van der Waals surface area contributed by atoms with Crippen LogP contribution in [0.3, 0.4) is 0 Å². The Morgan fingerprint density at radius 1 is 1.59 bits per heavy atom. The lowest BCUT2D eigenvalue weighted by Gasteiger charge is -2.11. The molecule has 17 heavy (non-hydrogen) atoms. The molecule has 90 valence electrons. The van der Waals surface area contributed by atoms with Gasteiger partial charge in [0, 0.05) is 30.1 Å². The van der Waals surface area contributed by atoms with E-state index < -0.39 is 0 Å². The maximum Gasteiger partial charge on any atom is 0.194 e. The Morgan fingerprint density at radius 3 is 3.06 bits per heavy atom. The van der Waals surface area contributed by atoms with Crippen LogP contribution >= 0.6 is 11.3 Å². The number of hydrogen-bond acceptors (Lipinski definition) is 3. The summed E-state index contributed by atoms with van der Waals surface area (Å²) in [5, 5.41) is 5.57. The maximum atomic E-state index is 5.30. The first-order chi connectivity index (χ1) is 8.13. The van der Waals surface area contributed by atoms with Crippen LogP contribution in [0.4, 0.5) is 0 Å². The van der Waals surface area contributed by atoms with Gasteiger partial charge in [-0.1, -0.05) is 0 Å². The van der Waals surface area contributed by atoms with Crippen LogP contribution in [-0.4, -0.2) is 15.4 Å². The molecule has 2 aromatic rings. The van der Waals surface area contributed by atoms with Gasteiger partial charge in [-0.2, -0.15) is 0 Å². The number of nitrogens with one attached hydrogen (secondary N) is 1. The number of thiazole rings is 1. The fourth-order valence-electron chi connectivity index (χ4n) is 1.90. The van der Waals surface area contributed by atoms with Crippen LogP contribution in [0.2, 0.25) is 0 Å². The Morgan fingerprint density at radius 2 is 2.35 bits per heavy atom. The molecule has 2 heterocycles. The first kappa shape index (κ1) is 12.2. The van der Waals surface area contributed by atoms with E-state index in [2.05, 4.69) is 46.8 Å². The molecule has 0 bridgehead atoms. The summed E-state index contributed by atoms with van der Waals surface area (Å²) < 4.78 is 2.22. The molecule has 1 unspecified atom stereocenters. The molecule has 0 saturated heterocycles. The summed E-state index contributed by atoms with van der Waals surface area (Å²) in [6.45, 7) is 7.09. The molecule has 0 aliphatic heterocycles. The van der Waals surface area contributed by atoms with E-state index in [-0.39, 0.29) is 0 Å². The van der Waals surface area contributed by atoms with Gasteiger partial charge in [-0.05, 0) is 20.8 Å². The average Bonchev–Trinajstić information content (AvgIpc) is 2.77. The van der Waals surface area contributed by atoms with Crippen molar-refractivity contribution in [1.29, 1.82) is 0 Å². The summed E-state index contributed by atoms with van der Waals surface area (Å²) in [5.74, 6) is 2.67. The fraction of sp³-hybridized carbons (Fsp3) is 0.462. The van der Waals surface area contributed by atoms with Crippen LogP contribution in [0, 0.1) is 26.2 Å². The highest BCUT2D eigenvalue weighted by atomic mass is 32.1. The number of nitrogens with zero attached hydrogens (tertiary/aromatic N) is 2. The highest BCUT2D eigenvalue weighted by Crippen LogP contribution is 2.20. The van der Waals surface area contributed by atoms with Gasteiger partial charge in [0.1, 0.15) is 0 Å². The van der Waals surface area contributed by atoms with E-state index >= 15 is 0 Å². The summed E-state index contributed by atoms with van der Waals surface area (Å²) in [6, 6.07) is 0.337. The van der Waals surface area contributed by atoms with Gasteiger partial charge in [0.15, 0.2) is 4.96 Å². The third-order valence-electron chi connectivity index (χ3n) is 2.87. The zero-order valence-electron chi connectivity index (χ0n) is 10.4. The monoisotopic (exact) mass is 247 g/mol. The van der Waals surface area contributed by atoms with Crippen molar-refractivity contribution < 1.29 is 0 Å². The Hall–Kier alpha value is -1.31. The van der Waals surface area contributed by atoms with Gasteiger partial charge in [-0.15, -0.1) is 23.7 Å². The Labute approximate surface area is 106 Å². The third-order valence-corrected chi connectivity index (χ3v) is 3.82. The van der Waals surface area contributed by atoms with Gasteiger partial charge in [0.25, 0.3) is 0 Å². The Balaban J connectivity index is 2.20. The predicted octanol–water partition coefficient (Wildman–Crippen LogP) is 2.51. The zero-order chi connectivity index (χ0) is 12.4. The molecule has 0 aromatic carbocycles. The summed E-state index contributed by atoms with van der Waals surface area (Å²) in [4.78, 5) is 5.63. The topological polar surface area (TPSA) is 29.3 Å². The van der Waals surface area contributed by atoms with E-state index in [1.165, 1.54) is 11.4 Å². The minimum absolute atomic E-state index is 0.337. The molecule has 2 rings (SSSR count). The molecule has 1 atom stereocenters. The lowest BCUT2D eigenvalue weighted by Crippen LogP contribution is -2.25. The minimum atomic E-state index is 0.337. The van der Waals surface area contributed by atoms with Crippen molar-refractivity contribution in [2.75, 3.05) is 0 Å². The van der Waals surface area contributed by atoms with Crippen molar-refractivity contribution in [3.8, 4) is 12.3 Å². The summed E-state index contributed by atoms with van der Waals surface area (Å²) in [6.07, 6.45) is 6.05. The van der Waals surface area contributed by atoms with E-state index in [0.717, 1.165) is 23.6 Å². The second-order valence-electron chi connectivity index (χ2n) is 4.33. The number of imidazole rings is 1. The second kappa shape index (κ2) is 4.91. The van der Waals surface area contributed by atoms with E-state index in [0.29, 0.717) is 6.04 Å². The van der Waals surface area contributed by atoms with Crippen LogP contribution in [0.1, 0.15) is 30.4 Å². The molecular weight excluding hydrogens is 230 g/mol. The summed E-state index contributed by atoms with van der Waals surface area (Å²) >= 11 is 1.69. The Bertz CT molecular complexity index is 559. The largest absolute Gasteiger partial charge is 0.308 e. The van der Waals surface area contributed by atoms with Gasteiger partial charge in [-0.25, -0.2) is 4.98 Å². The zero-order valence-corrected chi connectivity index (χ0v) is 11.3. The number of hydrogen-bond donors (Lipinski definition) is 1. The number of terminal acetylenes is 1. The van der Waals surface area contributed by atoms with E-state index in [9.17, 15) is 0 Å². The van der Waals surface area contributed by atoms with Crippen molar-refractivity contribution in [3.05, 3.63) is 22.5 Å². The summed E-state index contributed by atoms with van der Waals surface area (Å²) in [7, 11) is 0. The molecule has 1 N–H and O–H groups in total. The molecule has 0 aliphatic rings. The molecule has 3 nitrogen and oxygen atoms in total. The normalized spacial score (nSPS) is 12.8. The van der Waals surface area contributed by atoms with Gasteiger partial charge < -0.3 is 5.32 Å². The fourth-order valence-corrected chi connectivity index (χ4v) is 2.83. The number of aryl methyl sites for hydroxylation is 2. The standard InChI is InChI=1S/C13H17N3S/c1-5-6-9(2)14-7-12-11(4)15-13-16(12)10(3)8-17-13/h1,8-9,14H,6-7H2,2-4H3. The maximum absolute atomic E-state index is 5.30. The van der Waals surface area contributed by atoms with Crippen LogP contribution in [0.25, 0.3) is 4.96 Å². The first-order valence-electron chi connectivity index (χ1n) is 5.72. The molecule has 0 saturated carbocycles. The lowest BCUT2D eigenvalue weighted by molar-refractivity contribution is 0.550. The van der Waals surface area contributed by atoms with Crippen molar-refractivity contribution >= 4 is 16.3 Å². The smallest absolute Gasteiger partial charge is 0.194 e. The number of aromatic nitrogens is 2. The predicted molar refractivity (Wildman–Crippen MR) is 72.3 cm³/mol. The van der Waals surface area contributed by atoms with Gasteiger partial charge >= 0.3 is 0 Å². The SMILES string of the molecule is C#CCC(C)NCc1c(C)nc2scc(C)n12. The lowest BCUT2D eigenvalue weighted by atomic mass is 10.2. The molecule has 2 aromatic heterocycles. The van der Waals surface area contributed by atoms with Gasteiger partial charge in [0.05, 0.1) is 11.4 Å². The third kappa shape index (κ3) is 2.36. The molecule has 4 heteroatoms. The van der Waals surface area contributed by atoms with Crippen LogP contribution < -0.4 is 5.32 Å². The molecule has 0 amide bonds. The molecular formula is C13H17N3S. The minimum Gasteiger partial charge on any atom is -0.308 e. The molecule has 0 spiro atoms. The van der Waals surface area contributed by atoms with E-state index in [1.54, 1.807) is 11.3 Å². The van der Waals surface area contributed by atoms with Crippen LogP contribution in [0.5, 0.6) is 0 Å². The average molecular weight is 247 g/mol. The molecule has 0 radical (unpaired) electrons. The van der Waals surface area contributed by atoms with Gasteiger partial charge in [0.2, 0.25) is 0 Å². The summed E-state index contributed by atoms with van der Waals surface area (Å²) in [5.41, 5.74) is 3.58.